The molecule has 1 aliphatic heterocycles. The molecule has 1 saturated heterocycles. The van der Waals surface area contributed by atoms with Gasteiger partial charge in [0.25, 0.3) is 5.91 Å². The topological polar surface area (TPSA) is 73.0 Å². The van der Waals surface area contributed by atoms with Crippen LogP contribution in [-0.4, -0.2) is 76.7 Å². The van der Waals surface area contributed by atoms with Gasteiger partial charge in [-0.15, -0.1) is 0 Å². The zero-order valence-corrected chi connectivity index (χ0v) is 19.4. The highest BCUT2D eigenvalue weighted by molar-refractivity contribution is 7.92. The molecule has 0 aliphatic carbocycles. The first kappa shape index (κ1) is 24.2. The van der Waals surface area contributed by atoms with Crippen LogP contribution in [0.4, 0.5) is 10.1 Å². The third-order valence-corrected chi connectivity index (χ3v) is 6.73. The van der Waals surface area contributed by atoms with Crippen molar-refractivity contribution in [2.24, 2.45) is 0 Å². The SMILES string of the molecule is CN1CCN(CCCNC(=O)c2ccc(N(Cc3ccc(F)cc3)S(C)(=O)=O)cc2)CC1. The van der Waals surface area contributed by atoms with E-state index >= 15 is 0 Å². The van der Waals surface area contributed by atoms with E-state index in [0.29, 0.717) is 23.4 Å². The molecule has 2 aromatic carbocycles. The van der Waals surface area contributed by atoms with E-state index in [0.717, 1.165) is 45.4 Å². The molecule has 7 nitrogen and oxygen atoms in total. The Hall–Kier alpha value is -2.49. The molecule has 0 spiro atoms. The summed E-state index contributed by atoms with van der Waals surface area (Å²) < 4.78 is 39.0. The highest BCUT2D eigenvalue weighted by Gasteiger charge is 2.19. The van der Waals surface area contributed by atoms with Gasteiger partial charge in [-0.2, -0.15) is 0 Å². The smallest absolute Gasteiger partial charge is 0.251 e. The number of nitrogens with one attached hydrogen (secondary N) is 1. The number of halogens is 1. The number of benzene rings is 2. The van der Waals surface area contributed by atoms with E-state index in [1.807, 2.05) is 0 Å². The predicted molar refractivity (Wildman–Crippen MR) is 125 cm³/mol. The van der Waals surface area contributed by atoms with Gasteiger partial charge in [-0.05, 0) is 62.0 Å². The summed E-state index contributed by atoms with van der Waals surface area (Å²) in [6.45, 7) is 5.89. The van der Waals surface area contributed by atoms with Crippen LogP contribution < -0.4 is 9.62 Å². The lowest BCUT2D eigenvalue weighted by Crippen LogP contribution is -2.45. The van der Waals surface area contributed by atoms with Crippen LogP contribution in [0.25, 0.3) is 0 Å². The summed E-state index contributed by atoms with van der Waals surface area (Å²) in [5, 5.41) is 2.93. The van der Waals surface area contributed by atoms with Gasteiger partial charge in [0.15, 0.2) is 0 Å². The molecule has 0 bridgehead atoms. The summed E-state index contributed by atoms with van der Waals surface area (Å²) >= 11 is 0. The molecule has 3 rings (SSSR count). The van der Waals surface area contributed by atoms with Crippen LogP contribution in [-0.2, 0) is 16.6 Å². The number of piperazine rings is 1. The minimum atomic E-state index is -3.56. The Morgan fingerprint density at radius 1 is 1.03 bits per heavy atom. The average Bonchev–Trinajstić information content (AvgIpc) is 2.77. The van der Waals surface area contributed by atoms with Gasteiger partial charge in [-0.25, -0.2) is 12.8 Å². The second-order valence-electron chi connectivity index (χ2n) is 8.20. The van der Waals surface area contributed by atoms with Gasteiger partial charge < -0.3 is 15.1 Å². The second kappa shape index (κ2) is 10.9. The molecular weight excluding hydrogens is 431 g/mol. The van der Waals surface area contributed by atoms with Crippen LogP contribution in [0.15, 0.2) is 48.5 Å². The number of sulfonamides is 1. The first-order valence-corrected chi connectivity index (χ1v) is 12.6. The van der Waals surface area contributed by atoms with Gasteiger partial charge in [0, 0.05) is 38.3 Å². The molecule has 2 aromatic rings. The molecule has 9 heteroatoms. The largest absolute Gasteiger partial charge is 0.352 e. The molecule has 1 amide bonds. The Kier molecular flexibility index (Phi) is 8.22. The summed E-state index contributed by atoms with van der Waals surface area (Å²) in [5.41, 5.74) is 1.59. The maximum atomic E-state index is 13.1. The van der Waals surface area contributed by atoms with Crippen molar-refractivity contribution < 1.29 is 17.6 Å². The molecule has 1 heterocycles. The van der Waals surface area contributed by atoms with E-state index in [1.165, 1.54) is 16.4 Å². The predicted octanol–water partition coefficient (Wildman–Crippen LogP) is 2.16. The fraction of sp³-hybridized carbons (Fsp3) is 0.435. The number of nitrogens with zero attached hydrogens (tertiary/aromatic N) is 3. The second-order valence-corrected chi connectivity index (χ2v) is 10.1. The monoisotopic (exact) mass is 462 g/mol. The van der Waals surface area contributed by atoms with Gasteiger partial charge in [-0.1, -0.05) is 12.1 Å². The molecule has 174 valence electrons. The number of carbonyl (C=O) groups excluding carboxylic acids is 1. The van der Waals surface area contributed by atoms with E-state index in [-0.39, 0.29) is 18.3 Å². The minimum absolute atomic E-state index is 0.0803. The van der Waals surface area contributed by atoms with Gasteiger partial charge in [0.05, 0.1) is 18.5 Å². The summed E-state index contributed by atoms with van der Waals surface area (Å²) in [6.07, 6.45) is 2.00. The molecule has 0 atom stereocenters. The average molecular weight is 463 g/mol. The standard InChI is InChI=1S/C23H31FN4O3S/c1-26-14-16-27(17-15-26)13-3-12-25-23(29)20-6-10-22(11-7-20)28(32(2,30)31)18-19-4-8-21(24)9-5-19/h4-11H,3,12-18H2,1-2H3,(H,25,29). The Morgan fingerprint density at radius 2 is 1.66 bits per heavy atom. The summed E-state index contributed by atoms with van der Waals surface area (Å²) in [7, 11) is -1.43. The van der Waals surface area contributed by atoms with Gasteiger partial charge >= 0.3 is 0 Å². The number of rotatable bonds is 9. The van der Waals surface area contributed by atoms with E-state index in [2.05, 4.69) is 22.2 Å². The first-order valence-electron chi connectivity index (χ1n) is 10.7. The van der Waals surface area contributed by atoms with Crippen molar-refractivity contribution in [1.82, 2.24) is 15.1 Å². The molecule has 1 aliphatic rings. The van der Waals surface area contributed by atoms with Gasteiger partial charge in [0.2, 0.25) is 10.0 Å². The fourth-order valence-corrected chi connectivity index (χ4v) is 4.50. The van der Waals surface area contributed by atoms with Crippen molar-refractivity contribution in [3.8, 4) is 0 Å². The lowest BCUT2D eigenvalue weighted by molar-refractivity contribution is 0.0949. The van der Waals surface area contributed by atoms with E-state index in [4.69, 9.17) is 0 Å². The molecule has 0 saturated carbocycles. The Labute approximate surface area is 189 Å². The lowest BCUT2D eigenvalue weighted by atomic mass is 10.1. The van der Waals surface area contributed by atoms with Crippen LogP contribution in [0.5, 0.6) is 0 Å². The molecule has 32 heavy (non-hydrogen) atoms. The van der Waals surface area contributed by atoms with Crippen molar-refractivity contribution in [2.45, 2.75) is 13.0 Å². The lowest BCUT2D eigenvalue weighted by Gasteiger charge is -2.32. The van der Waals surface area contributed by atoms with Crippen LogP contribution in [0, 0.1) is 5.82 Å². The number of likely N-dealkylation sites (N-methyl/N-ethyl adjacent to an activating group) is 1. The van der Waals surface area contributed by atoms with Crippen LogP contribution >= 0.6 is 0 Å². The summed E-state index contributed by atoms with van der Waals surface area (Å²) in [4.78, 5) is 17.2. The zero-order valence-electron chi connectivity index (χ0n) is 18.6. The van der Waals surface area contributed by atoms with Crippen molar-refractivity contribution in [3.63, 3.8) is 0 Å². The molecule has 1 fully saturated rings. The number of amides is 1. The number of hydrogen-bond acceptors (Lipinski definition) is 5. The van der Waals surface area contributed by atoms with E-state index in [1.54, 1.807) is 36.4 Å². The van der Waals surface area contributed by atoms with Crippen molar-refractivity contribution in [1.29, 1.82) is 0 Å². The molecule has 0 radical (unpaired) electrons. The maximum absolute atomic E-state index is 13.1. The normalized spacial score (nSPS) is 15.5. The van der Waals surface area contributed by atoms with Crippen molar-refractivity contribution in [3.05, 3.63) is 65.5 Å². The molecule has 0 aromatic heterocycles. The third-order valence-electron chi connectivity index (χ3n) is 5.59. The molecule has 0 unspecified atom stereocenters. The Bertz CT molecular complexity index is 989. The summed E-state index contributed by atoms with van der Waals surface area (Å²) in [6, 6.07) is 12.2. The Morgan fingerprint density at radius 3 is 2.25 bits per heavy atom. The highest BCUT2D eigenvalue weighted by atomic mass is 32.2. The van der Waals surface area contributed by atoms with E-state index in [9.17, 15) is 17.6 Å². The van der Waals surface area contributed by atoms with Crippen LogP contribution in [0.3, 0.4) is 0 Å². The summed E-state index contributed by atoms with van der Waals surface area (Å²) in [5.74, 6) is -0.557. The fourth-order valence-electron chi connectivity index (χ4n) is 3.61. The van der Waals surface area contributed by atoms with Crippen molar-refractivity contribution in [2.75, 3.05) is 56.9 Å². The van der Waals surface area contributed by atoms with Gasteiger partial charge in [0.1, 0.15) is 5.82 Å². The van der Waals surface area contributed by atoms with Gasteiger partial charge in [-0.3, -0.25) is 9.10 Å². The zero-order chi connectivity index (χ0) is 23.1. The number of carbonyl (C=O) groups is 1. The maximum Gasteiger partial charge on any atom is 0.251 e. The van der Waals surface area contributed by atoms with Crippen molar-refractivity contribution >= 4 is 21.6 Å². The van der Waals surface area contributed by atoms with Crippen LogP contribution in [0.2, 0.25) is 0 Å². The quantitative estimate of drug-likeness (QED) is 0.578. The van der Waals surface area contributed by atoms with Crippen LogP contribution in [0.1, 0.15) is 22.3 Å². The Balaban J connectivity index is 1.54. The third kappa shape index (κ3) is 7.01. The first-order chi connectivity index (χ1) is 15.2. The molecule has 1 N–H and O–H groups in total. The van der Waals surface area contributed by atoms with E-state index < -0.39 is 10.0 Å². The number of anilines is 1. The number of hydrogen-bond donors (Lipinski definition) is 1. The molecular formula is C23H31FN4O3S. The minimum Gasteiger partial charge on any atom is -0.352 e. The highest BCUT2D eigenvalue weighted by Crippen LogP contribution is 2.21.